The molecule has 0 aliphatic heterocycles. The van der Waals surface area contributed by atoms with Crippen molar-refractivity contribution in [3.8, 4) is 0 Å². The van der Waals surface area contributed by atoms with Crippen LogP contribution in [-0.2, 0) is 0 Å². The van der Waals surface area contributed by atoms with E-state index in [0.29, 0.717) is 5.82 Å². The molecule has 1 aliphatic rings. The highest BCUT2D eigenvalue weighted by Crippen LogP contribution is 2.28. The van der Waals surface area contributed by atoms with E-state index >= 15 is 0 Å². The molecule has 0 radical (unpaired) electrons. The van der Waals surface area contributed by atoms with E-state index in [4.69, 9.17) is 0 Å². The van der Waals surface area contributed by atoms with Gasteiger partial charge < -0.3 is 15.7 Å². The second kappa shape index (κ2) is 7.21. The predicted molar refractivity (Wildman–Crippen MR) is 81.6 cm³/mol. The van der Waals surface area contributed by atoms with Gasteiger partial charge in [0.1, 0.15) is 5.82 Å². The lowest BCUT2D eigenvalue weighted by Crippen LogP contribution is -2.36. The molecule has 7 nitrogen and oxygen atoms in total. The minimum absolute atomic E-state index is 0.0604. The molecule has 0 amide bonds. The lowest BCUT2D eigenvalue weighted by Gasteiger charge is -2.28. The van der Waals surface area contributed by atoms with E-state index in [0.717, 1.165) is 38.6 Å². The maximum Gasteiger partial charge on any atom is 0.311 e. The molecule has 0 spiro atoms. The molecule has 21 heavy (non-hydrogen) atoms. The van der Waals surface area contributed by atoms with Gasteiger partial charge in [0.05, 0.1) is 17.1 Å². The van der Waals surface area contributed by atoms with Crippen molar-refractivity contribution in [2.45, 2.75) is 51.2 Å². The fourth-order valence-electron chi connectivity index (χ4n) is 2.51. The van der Waals surface area contributed by atoms with Gasteiger partial charge in [-0.15, -0.1) is 0 Å². The van der Waals surface area contributed by atoms with Crippen molar-refractivity contribution in [3.05, 3.63) is 22.2 Å². The Hall–Kier alpha value is -1.89. The molecule has 1 aromatic rings. The number of pyridine rings is 1. The molecule has 1 fully saturated rings. The molecular formula is C14H22N4O3. The molecular weight excluding hydrogens is 272 g/mol. The molecule has 1 heterocycles. The van der Waals surface area contributed by atoms with Crippen LogP contribution in [0.1, 0.15) is 39.0 Å². The number of nitrogens with one attached hydrogen (secondary N) is 2. The number of nitro groups is 1. The van der Waals surface area contributed by atoms with Gasteiger partial charge in [-0.3, -0.25) is 10.1 Å². The van der Waals surface area contributed by atoms with Crippen molar-refractivity contribution in [2.24, 2.45) is 0 Å². The predicted octanol–water partition coefficient (Wildman–Crippen LogP) is 2.53. The molecule has 0 aromatic carbocycles. The van der Waals surface area contributed by atoms with Crippen molar-refractivity contribution in [2.75, 3.05) is 17.2 Å². The number of rotatable bonds is 6. The molecule has 1 saturated carbocycles. The number of aliphatic hydroxyl groups excluding tert-OH is 1. The van der Waals surface area contributed by atoms with E-state index in [2.05, 4.69) is 15.6 Å². The van der Waals surface area contributed by atoms with Crippen molar-refractivity contribution < 1.29 is 10.0 Å². The molecule has 2 rings (SSSR count). The van der Waals surface area contributed by atoms with Crippen molar-refractivity contribution in [1.82, 2.24) is 4.98 Å². The highest BCUT2D eigenvalue weighted by Gasteiger charge is 2.26. The van der Waals surface area contributed by atoms with Gasteiger partial charge in [0.25, 0.3) is 0 Å². The van der Waals surface area contributed by atoms with Gasteiger partial charge in [0.2, 0.25) is 5.82 Å². The van der Waals surface area contributed by atoms with Crippen molar-refractivity contribution in [3.63, 3.8) is 0 Å². The molecule has 7 heteroatoms. The van der Waals surface area contributed by atoms with E-state index in [1.54, 1.807) is 6.07 Å². The fraction of sp³-hybridized carbons (Fsp3) is 0.643. The second-order valence-electron chi connectivity index (χ2n) is 5.35. The molecule has 2 unspecified atom stereocenters. The Kier molecular flexibility index (Phi) is 5.32. The summed E-state index contributed by atoms with van der Waals surface area (Å²) in [5, 5.41) is 27.3. The third-order valence-corrected chi connectivity index (χ3v) is 3.68. The number of aromatic nitrogens is 1. The standard InChI is InChI=1S/C14H22N4O3/c1-2-9-15-13-8-7-11(18(20)21)14(17-13)16-10-5-3-4-6-12(10)19/h7-8,10,12,19H,2-6,9H2,1H3,(H2,15,16,17). The van der Waals surface area contributed by atoms with E-state index < -0.39 is 11.0 Å². The average molecular weight is 294 g/mol. The third-order valence-electron chi connectivity index (χ3n) is 3.68. The Bertz CT molecular complexity index is 495. The first-order valence-electron chi connectivity index (χ1n) is 7.45. The van der Waals surface area contributed by atoms with Crippen molar-refractivity contribution >= 4 is 17.3 Å². The van der Waals surface area contributed by atoms with Gasteiger partial charge in [-0.2, -0.15) is 0 Å². The quantitative estimate of drug-likeness (QED) is 0.550. The summed E-state index contributed by atoms with van der Waals surface area (Å²) in [5.41, 5.74) is -0.0604. The first-order chi connectivity index (χ1) is 10.1. The number of nitrogens with zero attached hydrogens (tertiary/aromatic N) is 2. The van der Waals surface area contributed by atoms with Gasteiger partial charge in [-0.05, 0) is 25.3 Å². The zero-order valence-electron chi connectivity index (χ0n) is 12.2. The number of hydrogen-bond acceptors (Lipinski definition) is 6. The van der Waals surface area contributed by atoms with Gasteiger partial charge in [-0.1, -0.05) is 19.8 Å². The Morgan fingerprint density at radius 3 is 2.86 bits per heavy atom. The van der Waals surface area contributed by atoms with Crippen LogP contribution in [0.3, 0.4) is 0 Å². The summed E-state index contributed by atoms with van der Waals surface area (Å²) in [6.45, 7) is 2.80. The van der Waals surface area contributed by atoms with Gasteiger partial charge in [0, 0.05) is 12.6 Å². The van der Waals surface area contributed by atoms with Crippen LogP contribution in [0.25, 0.3) is 0 Å². The molecule has 0 bridgehead atoms. The number of hydrogen-bond donors (Lipinski definition) is 3. The van der Waals surface area contributed by atoms with E-state index in [9.17, 15) is 15.2 Å². The van der Waals surface area contributed by atoms with Crippen LogP contribution in [0.15, 0.2) is 12.1 Å². The van der Waals surface area contributed by atoms with Gasteiger partial charge >= 0.3 is 5.69 Å². The fourth-order valence-corrected chi connectivity index (χ4v) is 2.51. The smallest absolute Gasteiger partial charge is 0.311 e. The van der Waals surface area contributed by atoms with Crippen LogP contribution in [0.4, 0.5) is 17.3 Å². The van der Waals surface area contributed by atoms with Crippen molar-refractivity contribution in [1.29, 1.82) is 0 Å². The van der Waals surface area contributed by atoms with Gasteiger partial charge in [-0.25, -0.2) is 4.98 Å². The van der Waals surface area contributed by atoms with Crippen LogP contribution >= 0.6 is 0 Å². The maximum absolute atomic E-state index is 11.1. The number of anilines is 2. The summed E-state index contributed by atoms with van der Waals surface area (Å²) < 4.78 is 0. The van der Waals surface area contributed by atoms with Gasteiger partial charge in [0.15, 0.2) is 0 Å². The van der Waals surface area contributed by atoms with E-state index in [1.165, 1.54) is 6.07 Å². The van der Waals surface area contributed by atoms with E-state index in [-0.39, 0.29) is 17.5 Å². The number of aliphatic hydroxyl groups is 1. The highest BCUT2D eigenvalue weighted by atomic mass is 16.6. The summed E-state index contributed by atoms with van der Waals surface area (Å²) in [5.74, 6) is 0.835. The minimum atomic E-state index is -0.479. The molecule has 0 saturated heterocycles. The lowest BCUT2D eigenvalue weighted by molar-refractivity contribution is -0.384. The van der Waals surface area contributed by atoms with Crippen LogP contribution < -0.4 is 10.6 Å². The molecule has 1 aliphatic carbocycles. The summed E-state index contributed by atoms with van der Waals surface area (Å²) in [6.07, 6.45) is 3.99. The molecule has 2 atom stereocenters. The van der Waals surface area contributed by atoms with E-state index in [1.807, 2.05) is 6.92 Å². The Morgan fingerprint density at radius 1 is 1.43 bits per heavy atom. The highest BCUT2D eigenvalue weighted by molar-refractivity contribution is 5.60. The first-order valence-corrected chi connectivity index (χ1v) is 7.45. The average Bonchev–Trinajstić information content (AvgIpc) is 2.47. The normalized spacial score (nSPS) is 21.8. The lowest BCUT2D eigenvalue weighted by atomic mass is 9.92. The summed E-state index contributed by atoms with van der Waals surface area (Å²) >= 11 is 0. The molecule has 3 N–H and O–H groups in total. The summed E-state index contributed by atoms with van der Waals surface area (Å²) in [7, 11) is 0. The minimum Gasteiger partial charge on any atom is -0.391 e. The van der Waals surface area contributed by atoms with Crippen LogP contribution in [0.2, 0.25) is 0 Å². The Morgan fingerprint density at radius 2 is 2.19 bits per heavy atom. The van der Waals surface area contributed by atoms with Crippen LogP contribution in [-0.4, -0.2) is 33.7 Å². The zero-order chi connectivity index (χ0) is 15.2. The largest absolute Gasteiger partial charge is 0.391 e. The second-order valence-corrected chi connectivity index (χ2v) is 5.35. The summed E-state index contributed by atoms with van der Waals surface area (Å²) in [6, 6.07) is 2.88. The van der Waals surface area contributed by atoms with Crippen LogP contribution in [0.5, 0.6) is 0 Å². The first kappa shape index (κ1) is 15.5. The topological polar surface area (TPSA) is 100 Å². The molecule has 1 aromatic heterocycles. The molecule has 116 valence electrons. The Balaban J connectivity index is 2.19. The third kappa shape index (κ3) is 4.04. The monoisotopic (exact) mass is 294 g/mol. The Labute approximate surface area is 123 Å². The summed E-state index contributed by atoms with van der Waals surface area (Å²) in [4.78, 5) is 14.9. The van der Waals surface area contributed by atoms with Crippen LogP contribution in [0, 0.1) is 10.1 Å². The maximum atomic E-state index is 11.1. The SMILES string of the molecule is CCCNc1ccc([N+](=O)[O-])c(NC2CCCCC2O)n1. The zero-order valence-corrected chi connectivity index (χ0v) is 12.2.